The van der Waals surface area contributed by atoms with Gasteiger partial charge >= 0.3 is 0 Å². The Hall–Kier alpha value is -1.66. The monoisotopic (exact) mass is 265 g/mol. The maximum absolute atomic E-state index is 12.1. The van der Waals surface area contributed by atoms with E-state index in [1.807, 2.05) is 6.07 Å². The molecule has 0 spiro atoms. The fourth-order valence-corrected chi connectivity index (χ4v) is 2.91. The summed E-state index contributed by atoms with van der Waals surface area (Å²) in [4.78, 5) is 0.306. The van der Waals surface area contributed by atoms with Crippen LogP contribution in [-0.2, 0) is 23.6 Å². The van der Waals surface area contributed by atoms with Gasteiger partial charge in [-0.2, -0.15) is 5.10 Å². The predicted octanol–water partition coefficient (Wildman–Crippen LogP) is 1.21. The molecule has 18 heavy (non-hydrogen) atoms. The zero-order chi connectivity index (χ0) is 13.2. The SMILES string of the molecule is Cc1ccccc1S(=O)(=O)NCc1ccn(C)n1. The second kappa shape index (κ2) is 4.91. The second-order valence-electron chi connectivity index (χ2n) is 4.07. The van der Waals surface area contributed by atoms with Crippen molar-refractivity contribution in [3.8, 4) is 0 Å². The molecule has 0 saturated heterocycles. The first kappa shape index (κ1) is 12.8. The third-order valence-corrected chi connectivity index (χ3v) is 4.16. The van der Waals surface area contributed by atoms with Crippen LogP contribution >= 0.6 is 0 Å². The summed E-state index contributed by atoms with van der Waals surface area (Å²) in [6, 6.07) is 8.67. The van der Waals surface area contributed by atoms with Gasteiger partial charge in [0.25, 0.3) is 0 Å². The molecule has 1 aromatic carbocycles. The number of nitrogens with one attached hydrogen (secondary N) is 1. The molecule has 0 fully saturated rings. The Kier molecular flexibility index (Phi) is 3.49. The summed E-state index contributed by atoms with van der Waals surface area (Å²) in [6.07, 6.45) is 1.78. The van der Waals surface area contributed by atoms with Gasteiger partial charge in [0.1, 0.15) is 0 Å². The number of hydrogen-bond acceptors (Lipinski definition) is 3. The van der Waals surface area contributed by atoms with Crippen LogP contribution in [-0.4, -0.2) is 18.2 Å². The van der Waals surface area contributed by atoms with Gasteiger partial charge in [0, 0.05) is 13.2 Å². The van der Waals surface area contributed by atoms with Crippen molar-refractivity contribution in [1.82, 2.24) is 14.5 Å². The summed E-state index contributed by atoms with van der Waals surface area (Å²) in [7, 11) is -1.69. The quantitative estimate of drug-likeness (QED) is 0.903. The largest absolute Gasteiger partial charge is 0.276 e. The van der Waals surface area contributed by atoms with Crippen molar-refractivity contribution in [2.45, 2.75) is 18.4 Å². The number of aryl methyl sites for hydroxylation is 2. The molecule has 0 unspecified atom stereocenters. The molecule has 0 amide bonds. The third kappa shape index (κ3) is 2.77. The van der Waals surface area contributed by atoms with Crippen molar-refractivity contribution >= 4 is 10.0 Å². The molecule has 1 N–H and O–H groups in total. The maximum Gasteiger partial charge on any atom is 0.241 e. The van der Waals surface area contributed by atoms with Crippen LogP contribution in [0.1, 0.15) is 11.3 Å². The molecule has 96 valence electrons. The summed E-state index contributed by atoms with van der Waals surface area (Å²) in [5.41, 5.74) is 1.42. The van der Waals surface area contributed by atoms with Crippen LogP contribution in [0, 0.1) is 6.92 Å². The minimum Gasteiger partial charge on any atom is -0.276 e. The predicted molar refractivity (Wildman–Crippen MR) is 68.4 cm³/mol. The molecular weight excluding hydrogens is 250 g/mol. The Morgan fingerprint density at radius 2 is 2.00 bits per heavy atom. The van der Waals surface area contributed by atoms with Gasteiger partial charge in [-0.05, 0) is 24.6 Å². The highest BCUT2D eigenvalue weighted by molar-refractivity contribution is 7.89. The van der Waals surface area contributed by atoms with Gasteiger partial charge in [-0.3, -0.25) is 4.68 Å². The first-order valence-electron chi connectivity index (χ1n) is 5.53. The average Bonchev–Trinajstić information content (AvgIpc) is 2.73. The Morgan fingerprint density at radius 1 is 1.28 bits per heavy atom. The van der Waals surface area contributed by atoms with E-state index in [1.54, 1.807) is 49.1 Å². The van der Waals surface area contributed by atoms with E-state index in [0.29, 0.717) is 10.6 Å². The van der Waals surface area contributed by atoms with Crippen molar-refractivity contribution in [3.05, 3.63) is 47.8 Å². The number of benzene rings is 1. The highest BCUT2D eigenvalue weighted by Gasteiger charge is 2.16. The summed E-state index contributed by atoms with van der Waals surface area (Å²) in [5.74, 6) is 0. The first-order chi connectivity index (χ1) is 8.49. The van der Waals surface area contributed by atoms with Crippen molar-refractivity contribution in [1.29, 1.82) is 0 Å². The second-order valence-corrected chi connectivity index (χ2v) is 5.81. The van der Waals surface area contributed by atoms with E-state index in [2.05, 4.69) is 9.82 Å². The molecule has 0 aliphatic rings. The van der Waals surface area contributed by atoms with Gasteiger partial charge in [-0.1, -0.05) is 18.2 Å². The van der Waals surface area contributed by atoms with Crippen LogP contribution in [0.5, 0.6) is 0 Å². The lowest BCUT2D eigenvalue weighted by atomic mass is 10.2. The van der Waals surface area contributed by atoms with Crippen LogP contribution in [0.3, 0.4) is 0 Å². The van der Waals surface area contributed by atoms with Crippen LogP contribution in [0.25, 0.3) is 0 Å². The van der Waals surface area contributed by atoms with Gasteiger partial charge in [-0.15, -0.1) is 0 Å². The van der Waals surface area contributed by atoms with Crippen LogP contribution in [0.4, 0.5) is 0 Å². The molecule has 2 aromatic rings. The molecule has 1 aromatic heterocycles. The Balaban J connectivity index is 2.16. The highest BCUT2D eigenvalue weighted by Crippen LogP contribution is 2.14. The molecule has 1 heterocycles. The zero-order valence-corrected chi connectivity index (χ0v) is 11.1. The van der Waals surface area contributed by atoms with Gasteiger partial charge in [0.15, 0.2) is 0 Å². The number of sulfonamides is 1. The van der Waals surface area contributed by atoms with Gasteiger partial charge in [0.2, 0.25) is 10.0 Å². The van der Waals surface area contributed by atoms with E-state index in [9.17, 15) is 8.42 Å². The van der Waals surface area contributed by atoms with Crippen LogP contribution in [0.15, 0.2) is 41.4 Å². The molecule has 0 aliphatic heterocycles. The van der Waals surface area contributed by atoms with E-state index >= 15 is 0 Å². The van der Waals surface area contributed by atoms with Gasteiger partial charge in [0.05, 0.1) is 17.1 Å². The standard InChI is InChI=1S/C12H15N3O2S/c1-10-5-3-4-6-12(10)18(16,17)13-9-11-7-8-15(2)14-11/h3-8,13H,9H2,1-2H3. The highest BCUT2D eigenvalue weighted by atomic mass is 32.2. The molecule has 0 saturated carbocycles. The Morgan fingerprint density at radius 3 is 2.61 bits per heavy atom. The molecule has 0 aliphatic carbocycles. The van der Waals surface area contributed by atoms with Crippen LogP contribution < -0.4 is 4.72 Å². The number of hydrogen-bond donors (Lipinski definition) is 1. The Bertz CT molecular complexity index is 647. The van der Waals surface area contributed by atoms with Gasteiger partial charge < -0.3 is 0 Å². The summed E-state index contributed by atoms with van der Waals surface area (Å²) < 4.78 is 28.4. The smallest absolute Gasteiger partial charge is 0.241 e. The number of nitrogens with zero attached hydrogens (tertiary/aromatic N) is 2. The maximum atomic E-state index is 12.1. The molecule has 0 bridgehead atoms. The summed E-state index contributed by atoms with van der Waals surface area (Å²) >= 11 is 0. The Labute approximate surface area is 107 Å². The molecule has 5 nitrogen and oxygen atoms in total. The lowest BCUT2D eigenvalue weighted by Gasteiger charge is -2.07. The minimum absolute atomic E-state index is 0.192. The number of aromatic nitrogens is 2. The first-order valence-corrected chi connectivity index (χ1v) is 7.01. The third-order valence-electron chi connectivity index (χ3n) is 2.60. The van der Waals surface area contributed by atoms with E-state index in [4.69, 9.17) is 0 Å². The van der Waals surface area contributed by atoms with Gasteiger partial charge in [-0.25, -0.2) is 13.1 Å². The van der Waals surface area contributed by atoms with Crippen LogP contribution in [0.2, 0.25) is 0 Å². The molecule has 2 rings (SSSR count). The lowest BCUT2D eigenvalue weighted by molar-refractivity contribution is 0.579. The van der Waals surface area contributed by atoms with Crippen molar-refractivity contribution < 1.29 is 8.42 Å². The molecular formula is C12H15N3O2S. The van der Waals surface area contributed by atoms with E-state index in [-0.39, 0.29) is 6.54 Å². The van der Waals surface area contributed by atoms with E-state index in [0.717, 1.165) is 5.56 Å². The zero-order valence-electron chi connectivity index (χ0n) is 10.3. The normalized spacial score (nSPS) is 11.7. The molecule has 6 heteroatoms. The van der Waals surface area contributed by atoms with Crippen molar-refractivity contribution in [3.63, 3.8) is 0 Å². The average molecular weight is 265 g/mol. The molecule has 0 atom stereocenters. The molecule has 0 radical (unpaired) electrons. The fourth-order valence-electron chi connectivity index (χ4n) is 1.66. The van der Waals surface area contributed by atoms with E-state index in [1.165, 1.54) is 0 Å². The van der Waals surface area contributed by atoms with Crippen molar-refractivity contribution in [2.75, 3.05) is 0 Å². The topological polar surface area (TPSA) is 64.0 Å². The van der Waals surface area contributed by atoms with Crippen molar-refractivity contribution in [2.24, 2.45) is 7.05 Å². The lowest BCUT2D eigenvalue weighted by Crippen LogP contribution is -2.24. The minimum atomic E-state index is -3.48. The summed E-state index contributed by atoms with van der Waals surface area (Å²) in [5, 5.41) is 4.12. The number of rotatable bonds is 4. The summed E-state index contributed by atoms with van der Waals surface area (Å²) in [6.45, 7) is 1.97. The van der Waals surface area contributed by atoms with E-state index < -0.39 is 10.0 Å². The fraction of sp³-hybridized carbons (Fsp3) is 0.250.